The average molecular weight is 327 g/mol. The van der Waals surface area contributed by atoms with E-state index in [9.17, 15) is 22.8 Å². The summed E-state index contributed by atoms with van der Waals surface area (Å²) < 4.78 is 37.7. The number of carbonyl (C=O) groups is 2. The van der Waals surface area contributed by atoms with E-state index in [0.29, 0.717) is 25.9 Å². The second-order valence-corrected chi connectivity index (χ2v) is 5.63. The highest BCUT2D eigenvalue weighted by atomic mass is 19.4. The highest BCUT2D eigenvalue weighted by Crippen LogP contribution is 2.26. The van der Waals surface area contributed by atoms with E-state index in [-0.39, 0.29) is 19.1 Å². The van der Waals surface area contributed by atoms with Crippen LogP contribution >= 0.6 is 0 Å². The summed E-state index contributed by atoms with van der Waals surface area (Å²) in [5, 5.41) is 2.71. The Balaban J connectivity index is 1.78. The minimum absolute atomic E-state index is 0.0288. The van der Waals surface area contributed by atoms with Gasteiger partial charge in [0.25, 0.3) is 0 Å². The molecule has 0 saturated carbocycles. The molecule has 23 heavy (non-hydrogen) atoms. The number of nitrogens with one attached hydrogen (secondary N) is 1. The molecule has 3 rings (SSSR count). The Morgan fingerprint density at radius 1 is 1.09 bits per heavy atom. The van der Waals surface area contributed by atoms with Gasteiger partial charge in [-0.05, 0) is 36.1 Å². The zero-order valence-electron chi connectivity index (χ0n) is 12.3. The van der Waals surface area contributed by atoms with Crippen LogP contribution in [0.1, 0.15) is 11.1 Å². The molecule has 0 aliphatic carbocycles. The van der Waals surface area contributed by atoms with E-state index in [1.54, 1.807) is 11.0 Å². The van der Waals surface area contributed by atoms with Gasteiger partial charge in [0.15, 0.2) is 0 Å². The molecule has 2 heterocycles. The number of amides is 3. The van der Waals surface area contributed by atoms with Crippen LogP contribution in [-0.4, -0.2) is 49.2 Å². The van der Waals surface area contributed by atoms with Gasteiger partial charge >= 0.3 is 18.1 Å². The summed E-state index contributed by atoms with van der Waals surface area (Å²) in [6.07, 6.45) is -4.11. The maximum Gasteiger partial charge on any atom is 0.471 e. The normalized spacial score (nSPS) is 18.5. The predicted molar refractivity (Wildman–Crippen MR) is 77.2 cm³/mol. The van der Waals surface area contributed by atoms with Crippen molar-refractivity contribution in [2.24, 2.45) is 0 Å². The molecule has 2 aliphatic heterocycles. The Kier molecular flexibility index (Phi) is 3.91. The zero-order valence-corrected chi connectivity index (χ0v) is 12.3. The topological polar surface area (TPSA) is 52.7 Å². The van der Waals surface area contributed by atoms with Crippen LogP contribution in [0.4, 0.5) is 23.7 Å². The molecule has 1 aromatic rings. The van der Waals surface area contributed by atoms with Gasteiger partial charge in [-0.1, -0.05) is 6.07 Å². The van der Waals surface area contributed by atoms with Crippen LogP contribution in [0, 0.1) is 0 Å². The quantitative estimate of drug-likeness (QED) is 0.854. The summed E-state index contributed by atoms with van der Waals surface area (Å²) in [5.41, 5.74) is 2.54. The fourth-order valence-corrected chi connectivity index (χ4v) is 2.98. The smallest absolute Gasteiger partial charge is 0.336 e. The summed E-state index contributed by atoms with van der Waals surface area (Å²) in [4.78, 5) is 25.5. The van der Waals surface area contributed by atoms with Gasteiger partial charge in [-0.3, -0.25) is 9.69 Å². The highest BCUT2D eigenvalue weighted by molar-refractivity contribution is 5.94. The second kappa shape index (κ2) is 5.75. The Hall–Kier alpha value is -2.25. The van der Waals surface area contributed by atoms with Crippen LogP contribution in [0.25, 0.3) is 0 Å². The fraction of sp³-hybridized carbons (Fsp3) is 0.467. The molecule has 0 spiro atoms. The molecule has 0 radical (unpaired) electrons. The minimum atomic E-state index is -4.84. The van der Waals surface area contributed by atoms with Crippen molar-refractivity contribution in [2.45, 2.75) is 19.0 Å². The van der Waals surface area contributed by atoms with E-state index < -0.39 is 12.1 Å². The highest BCUT2D eigenvalue weighted by Gasteiger charge is 2.42. The van der Waals surface area contributed by atoms with E-state index >= 15 is 0 Å². The largest absolute Gasteiger partial charge is 0.471 e. The summed E-state index contributed by atoms with van der Waals surface area (Å²) in [6, 6.07) is 5.29. The SMILES string of the molecule is O=C1NCCN1c1ccc2c(c1)CCN(C(=O)C(F)(F)F)CC2. The number of anilines is 1. The van der Waals surface area contributed by atoms with Gasteiger partial charge in [-0.15, -0.1) is 0 Å². The third-order valence-electron chi connectivity index (χ3n) is 4.19. The van der Waals surface area contributed by atoms with E-state index in [1.807, 2.05) is 12.1 Å². The van der Waals surface area contributed by atoms with Crippen LogP contribution in [0.2, 0.25) is 0 Å². The molecule has 1 saturated heterocycles. The molecule has 8 heteroatoms. The van der Waals surface area contributed by atoms with Crippen molar-refractivity contribution in [3.8, 4) is 0 Å². The van der Waals surface area contributed by atoms with Crippen LogP contribution in [-0.2, 0) is 17.6 Å². The molecular weight excluding hydrogens is 311 g/mol. The maximum absolute atomic E-state index is 12.6. The number of hydrogen-bond acceptors (Lipinski definition) is 2. The van der Waals surface area contributed by atoms with Gasteiger partial charge in [-0.2, -0.15) is 13.2 Å². The number of urea groups is 1. The molecule has 1 aromatic carbocycles. The van der Waals surface area contributed by atoms with Gasteiger partial charge < -0.3 is 10.2 Å². The number of nitrogens with zero attached hydrogens (tertiary/aromatic N) is 2. The van der Waals surface area contributed by atoms with Crippen LogP contribution in [0.15, 0.2) is 18.2 Å². The van der Waals surface area contributed by atoms with Crippen molar-refractivity contribution in [3.05, 3.63) is 29.3 Å². The van der Waals surface area contributed by atoms with Gasteiger partial charge in [0, 0.05) is 31.9 Å². The first-order valence-electron chi connectivity index (χ1n) is 7.39. The molecule has 0 aromatic heterocycles. The number of rotatable bonds is 1. The third-order valence-corrected chi connectivity index (χ3v) is 4.19. The number of alkyl halides is 3. The standard InChI is InChI=1S/C15H16F3N3O2/c16-15(17,18)13(22)20-6-3-10-1-2-12(9-11(10)4-7-20)21-8-5-19-14(21)23/h1-2,9H,3-8H2,(H,19,23). The van der Waals surface area contributed by atoms with Crippen molar-refractivity contribution in [2.75, 3.05) is 31.1 Å². The van der Waals surface area contributed by atoms with Gasteiger partial charge in [0.1, 0.15) is 0 Å². The van der Waals surface area contributed by atoms with E-state index in [0.717, 1.165) is 21.7 Å². The number of hydrogen-bond donors (Lipinski definition) is 1. The lowest BCUT2D eigenvalue weighted by Crippen LogP contribution is -2.42. The van der Waals surface area contributed by atoms with Gasteiger partial charge in [0.05, 0.1) is 0 Å². The van der Waals surface area contributed by atoms with Crippen LogP contribution in [0.5, 0.6) is 0 Å². The molecule has 0 unspecified atom stereocenters. The summed E-state index contributed by atoms with van der Waals surface area (Å²) in [5.74, 6) is -1.79. The van der Waals surface area contributed by atoms with E-state index in [2.05, 4.69) is 5.32 Å². The fourth-order valence-electron chi connectivity index (χ4n) is 2.98. The molecule has 124 valence electrons. The maximum atomic E-state index is 12.6. The average Bonchev–Trinajstić information content (AvgIpc) is 2.81. The second-order valence-electron chi connectivity index (χ2n) is 5.63. The van der Waals surface area contributed by atoms with E-state index in [1.165, 1.54) is 0 Å². The molecule has 2 aliphatic rings. The molecule has 5 nitrogen and oxygen atoms in total. The summed E-state index contributed by atoms with van der Waals surface area (Å²) in [6.45, 7) is 1.22. The Morgan fingerprint density at radius 2 is 1.78 bits per heavy atom. The first-order chi connectivity index (χ1) is 10.9. The lowest BCUT2D eigenvalue weighted by atomic mass is 10.0. The molecular formula is C15H16F3N3O2. The van der Waals surface area contributed by atoms with Crippen molar-refractivity contribution in [1.82, 2.24) is 10.2 Å². The van der Waals surface area contributed by atoms with Crippen molar-refractivity contribution < 1.29 is 22.8 Å². The number of carbonyl (C=O) groups excluding carboxylic acids is 2. The van der Waals surface area contributed by atoms with Crippen molar-refractivity contribution in [3.63, 3.8) is 0 Å². The molecule has 0 atom stereocenters. The molecule has 0 bridgehead atoms. The number of benzene rings is 1. The van der Waals surface area contributed by atoms with Gasteiger partial charge in [0.2, 0.25) is 0 Å². The summed E-state index contributed by atoms with van der Waals surface area (Å²) >= 11 is 0. The number of halogens is 3. The predicted octanol–water partition coefficient (Wildman–Crippen LogP) is 1.71. The first-order valence-corrected chi connectivity index (χ1v) is 7.39. The molecule has 1 fully saturated rings. The van der Waals surface area contributed by atoms with E-state index in [4.69, 9.17) is 0 Å². The lowest BCUT2D eigenvalue weighted by Gasteiger charge is -2.21. The molecule has 3 amide bonds. The Bertz CT molecular complexity index is 645. The number of fused-ring (bicyclic) bond motifs is 1. The monoisotopic (exact) mass is 327 g/mol. The van der Waals surface area contributed by atoms with Crippen LogP contribution in [0.3, 0.4) is 0 Å². The Labute approximate surface area is 131 Å². The summed E-state index contributed by atoms with van der Waals surface area (Å²) in [7, 11) is 0. The minimum Gasteiger partial charge on any atom is -0.336 e. The molecule has 1 N–H and O–H groups in total. The van der Waals surface area contributed by atoms with Gasteiger partial charge in [-0.25, -0.2) is 4.79 Å². The Morgan fingerprint density at radius 3 is 2.39 bits per heavy atom. The van der Waals surface area contributed by atoms with Crippen molar-refractivity contribution in [1.29, 1.82) is 0 Å². The zero-order chi connectivity index (χ0) is 16.6. The van der Waals surface area contributed by atoms with Crippen LogP contribution < -0.4 is 10.2 Å². The first kappa shape index (κ1) is 15.6. The lowest BCUT2D eigenvalue weighted by molar-refractivity contribution is -0.185. The third kappa shape index (κ3) is 3.11. The van der Waals surface area contributed by atoms with Crippen molar-refractivity contribution >= 4 is 17.6 Å².